The molecule has 1 aliphatic carbocycles. The first-order chi connectivity index (χ1) is 14.1. The summed E-state index contributed by atoms with van der Waals surface area (Å²) in [6, 6.07) is 3.76. The van der Waals surface area contributed by atoms with Gasteiger partial charge in [-0.2, -0.15) is 0 Å². The van der Waals surface area contributed by atoms with E-state index >= 15 is 0 Å². The van der Waals surface area contributed by atoms with Crippen molar-refractivity contribution < 1.29 is 14.9 Å². The van der Waals surface area contributed by atoms with Gasteiger partial charge in [0.05, 0.1) is 12.7 Å². The van der Waals surface area contributed by atoms with E-state index in [0.717, 1.165) is 40.5 Å². The average molecular weight is 394 g/mol. The van der Waals surface area contributed by atoms with E-state index in [4.69, 9.17) is 15.6 Å². The summed E-state index contributed by atoms with van der Waals surface area (Å²) >= 11 is 0. The lowest BCUT2D eigenvalue weighted by molar-refractivity contribution is 0.130. The Bertz CT molecular complexity index is 1030. The first-order valence-corrected chi connectivity index (χ1v) is 10.1. The van der Waals surface area contributed by atoms with Crippen LogP contribution in [0.25, 0.3) is 22.0 Å². The minimum Gasteiger partial charge on any atom is -0.507 e. The zero-order valence-electron chi connectivity index (χ0n) is 16.6. The molecule has 2 aliphatic rings. The van der Waals surface area contributed by atoms with Crippen LogP contribution in [0, 0.1) is 6.92 Å². The molecule has 3 heterocycles. The molecule has 152 valence electrons. The smallest absolute Gasteiger partial charge is 0.155 e. The molecule has 29 heavy (non-hydrogen) atoms. The quantitative estimate of drug-likeness (QED) is 0.578. The van der Waals surface area contributed by atoms with Gasteiger partial charge in [-0.15, -0.1) is 10.2 Å². The fourth-order valence-corrected chi connectivity index (χ4v) is 4.02. The monoisotopic (exact) mass is 394 g/mol. The molecule has 0 atom stereocenters. The maximum absolute atomic E-state index is 10.7. The molecule has 0 spiro atoms. The van der Waals surface area contributed by atoms with Gasteiger partial charge in [0.2, 0.25) is 0 Å². The lowest BCUT2D eigenvalue weighted by Gasteiger charge is -2.14. The molecule has 0 bridgehead atoms. The Balaban J connectivity index is 0.000000249. The van der Waals surface area contributed by atoms with Crippen molar-refractivity contribution in [3.05, 3.63) is 35.7 Å². The average Bonchev–Trinajstić information content (AvgIpc) is 3.20. The van der Waals surface area contributed by atoms with Gasteiger partial charge in [-0.25, -0.2) is 0 Å². The van der Waals surface area contributed by atoms with Gasteiger partial charge in [0.1, 0.15) is 17.2 Å². The van der Waals surface area contributed by atoms with Crippen molar-refractivity contribution in [3.63, 3.8) is 0 Å². The highest BCUT2D eigenvalue weighted by molar-refractivity contribution is 6.00. The van der Waals surface area contributed by atoms with E-state index in [-0.39, 0.29) is 11.9 Å². The zero-order valence-corrected chi connectivity index (χ0v) is 16.6. The second-order valence-corrected chi connectivity index (χ2v) is 7.64. The fourth-order valence-electron chi connectivity index (χ4n) is 4.02. The second-order valence-electron chi connectivity index (χ2n) is 7.64. The molecule has 1 aromatic carbocycles. The topological polar surface area (TPSA) is 114 Å². The lowest BCUT2D eigenvalue weighted by Crippen LogP contribution is -2.09. The van der Waals surface area contributed by atoms with Crippen LogP contribution in [0.15, 0.2) is 24.5 Å². The van der Waals surface area contributed by atoms with Gasteiger partial charge in [-0.05, 0) is 37.5 Å². The van der Waals surface area contributed by atoms with Gasteiger partial charge in [-0.1, -0.05) is 19.3 Å². The molecule has 0 unspecified atom stereocenters. The first-order valence-electron chi connectivity index (χ1n) is 10.1. The third kappa shape index (κ3) is 3.82. The summed E-state index contributed by atoms with van der Waals surface area (Å²) in [5.74, 6) is 1.28. The molecule has 1 fully saturated rings. The number of anilines is 1. The van der Waals surface area contributed by atoms with Crippen LogP contribution in [-0.4, -0.2) is 38.1 Å². The summed E-state index contributed by atoms with van der Waals surface area (Å²) in [6.07, 6.45) is 9.95. The van der Waals surface area contributed by atoms with Gasteiger partial charge in [0.25, 0.3) is 0 Å². The molecule has 7 heteroatoms. The SMILES string of the molecule is Cc1cc2c(c(O)c1-c1nnc(N)c3cnccc13)CCO2.OC1CCCCC1. The normalized spacial score (nSPS) is 16.1. The molecular weight excluding hydrogens is 368 g/mol. The van der Waals surface area contributed by atoms with Crippen LogP contribution in [-0.2, 0) is 6.42 Å². The maximum Gasteiger partial charge on any atom is 0.155 e. The van der Waals surface area contributed by atoms with E-state index in [9.17, 15) is 5.11 Å². The van der Waals surface area contributed by atoms with Gasteiger partial charge < -0.3 is 20.7 Å². The number of pyridine rings is 1. The van der Waals surface area contributed by atoms with Crippen LogP contribution in [0.5, 0.6) is 11.5 Å². The molecule has 3 aromatic rings. The van der Waals surface area contributed by atoms with E-state index in [0.29, 0.717) is 30.1 Å². The molecule has 4 N–H and O–H groups in total. The summed E-state index contributed by atoms with van der Waals surface area (Å²) < 4.78 is 5.53. The number of fused-ring (bicyclic) bond motifs is 2. The predicted octanol–water partition coefficient (Wildman–Crippen LogP) is 3.53. The van der Waals surface area contributed by atoms with E-state index < -0.39 is 0 Å². The number of aromatic nitrogens is 3. The Labute approximate surface area is 169 Å². The summed E-state index contributed by atoms with van der Waals surface area (Å²) in [5, 5.41) is 29.4. The number of nitrogens with two attached hydrogens (primary N) is 1. The third-order valence-electron chi connectivity index (χ3n) is 5.59. The number of aliphatic hydroxyl groups excluding tert-OH is 1. The highest BCUT2D eigenvalue weighted by Crippen LogP contribution is 2.44. The Morgan fingerprint density at radius 3 is 2.66 bits per heavy atom. The maximum atomic E-state index is 10.7. The molecule has 0 amide bonds. The minimum atomic E-state index is 0.0359. The van der Waals surface area contributed by atoms with Crippen molar-refractivity contribution in [2.45, 2.75) is 51.6 Å². The van der Waals surface area contributed by atoms with Crippen LogP contribution in [0.3, 0.4) is 0 Å². The van der Waals surface area contributed by atoms with Crippen molar-refractivity contribution in [1.82, 2.24) is 15.2 Å². The molecule has 2 aromatic heterocycles. The number of nitrogens with zero attached hydrogens (tertiary/aromatic N) is 3. The summed E-state index contributed by atoms with van der Waals surface area (Å²) in [6.45, 7) is 2.51. The first kappa shape index (κ1) is 19.4. The molecule has 7 nitrogen and oxygen atoms in total. The van der Waals surface area contributed by atoms with Crippen molar-refractivity contribution in [2.75, 3.05) is 12.3 Å². The Morgan fingerprint density at radius 1 is 1.14 bits per heavy atom. The van der Waals surface area contributed by atoms with Gasteiger partial charge in [0, 0.05) is 40.7 Å². The van der Waals surface area contributed by atoms with Crippen LogP contribution in [0.2, 0.25) is 0 Å². The number of aliphatic hydroxyl groups is 1. The van der Waals surface area contributed by atoms with Crippen molar-refractivity contribution >= 4 is 16.6 Å². The second kappa shape index (κ2) is 8.21. The van der Waals surface area contributed by atoms with Crippen LogP contribution >= 0.6 is 0 Å². The zero-order chi connectivity index (χ0) is 20.4. The highest BCUT2D eigenvalue weighted by Gasteiger charge is 2.24. The summed E-state index contributed by atoms with van der Waals surface area (Å²) in [4.78, 5) is 4.08. The molecule has 0 radical (unpaired) electrons. The van der Waals surface area contributed by atoms with E-state index in [1.165, 1.54) is 19.3 Å². The number of aryl methyl sites for hydroxylation is 1. The number of hydrogen-bond acceptors (Lipinski definition) is 7. The van der Waals surface area contributed by atoms with Gasteiger partial charge >= 0.3 is 0 Å². The number of phenols is 1. The molecule has 5 rings (SSSR count). The molecule has 1 saturated carbocycles. The Morgan fingerprint density at radius 2 is 1.93 bits per heavy atom. The van der Waals surface area contributed by atoms with E-state index in [1.807, 2.05) is 19.1 Å². The van der Waals surface area contributed by atoms with Crippen molar-refractivity contribution in [1.29, 1.82) is 0 Å². The van der Waals surface area contributed by atoms with Gasteiger partial charge in [0.15, 0.2) is 5.82 Å². The number of hydrogen-bond donors (Lipinski definition) is 3. The largest absolute Gasteiger partial charge is 0.507 e. The number of rotatable bonds is 1. The van der Waals surface area contributed by atoms with Crippen LogP contribution < -0.4 is 10.5 Å². The van der Waals surface area contributed by atoms with Gasteiger partial charge in [-0.3, -0.25) is 4.98 Å². The predicted molar refractivity (Wildman–Crippen MR) is 112 cm³/mol. The van der Waals surface area contributed by atoms with Crippen molar-refractivity contribution in [3.8, 4) is 22.8 Å². The van der Waals surface area contributed by atoms with Crippen molar-refractivity contribution in [2.24, 2.45) is 0 Å². The Hall–Kier alpha value is -2.93. The van der Waals surface area contributed by atoms with Crippen LogP contribution in [0.1, 0.15) is 43.2 Å². The summed E-state index contributed by atoms with van der Waals surface area (Å²) in [5.41, 5.74) is 8.86. The Kier molecular flexibility index (Phi) is 5.49. The lowest BCUT2D eigenvalue weighted by atomic mass is 9.96. The van der Waals surface area contributed by atoms with Crippen LogP contribution in [0.4, 0.5) is 5.82 Å². The van der Waals surface area contributed by atoms with E-state index in [2.05, 4.69) is 15.2 Å². The summed E-state index contributed by atoms with van der Waals surface area (Å²) in [7, 11) is 0. The molecule has 0 saturated heterocycles. The molecular formula is C22H26N4O3. The fraction of sp³-hybridized carbons (Fsp3) is 0.409. The third-order valence-corrected chi connectivity index (χ3v) is 5.59. The number of aromatic hydroxyl groups is 1. The minimum absolute atomic E-state index is 0.0359. The number of phenolic OH excluding ortho intramolecular Hbond substituents is 1. The number of benzene rings is 1. The number of ether oxygens (including phenoxy) is 1. The standard InChI is InChI=1S/C16H14N4O2.C6H12O/c1-8-6-12-10(3-5-22-12)15(21)13(8)14-9-2-4-18-7-11(9)16(17)20-19-14;7-6-4-2-1-3-5-6/h2,4,6-7,21H,3,5H2,1H3,(H2,17,20);6-7H,1-5H2. The van der Waals surface area contributed by atoms with E-state index in [1.54, 1.807) is 12.4 Å². The molecule has 1 aliphatic heterocycles. The highest BCUT2D eigenvalue weighted by atomic mass is 16.5. The number of nitrogen functional groups attached to an aromatic ring is 1.